The number of piperidine rings is 1. The van der Waals surface area contributed by atoms with Crippen molar-refractivity contribution in [3.8, 4) is 0 Å². The van der Waals surface area contributed by atoms with E-state index in [0.717, 1.165) is 31.4 Å². The van der Waals surface area contributed by atoms with Crippen molar-refractivity contribution in [2.24, 2.45) is 0 Å². The first-order valence-electron chi connectivity index (χ1n) is 10.5. The van der Waals surface area contributed by atoms with Crippen molar-refractivity contribution in [1.82, 2.24) is 20.0 Å². The van der Waals surface area contributed by atoms with Crippen LogP contribution >= 0.6 is 0 Å². The van der Waals surface area contributed by atoms with Gasteiger partial charge in [-0.25, -0.2) is 0 Å². The lowest BCUT2D eigenvalue weighted by Crippen LogP contribution is -2.49. The Labute approximate surface area is 159 Å². The fourth-order valence-electron chi connectivity index (χ4n) is 4.46. The smallest absolute Gasteiger partial charge is 0.178 e. The number of dihydropyridines is 1. The van der Waals surface area contributed by atoms with E-state index in [1.165, 1.54) is 38.9 Å². The second-order valence-electron chi connectivity index (χ2n) is 8.12. The van der Waals surface area contributed by atoms with Crippen molar-refractivity contribution in [2.45, 2.75) is 64.7 Å². The van der Waals surface area contributed by atoms with Gasteiger partial charge < -0.3 is 10.2 Å². The molecule has 0 aromatic heterocycles. The molecule has 26 heavy (non-hydrogen) atoms. The standard InChI is InChI=1S/C21H36N4O/c1-4-20(26)19-7-5-8-21(22-19)25-12-6-11-24(15-16-25)18-9-13-23(14-10-18)17(2)3/h5,7-8,17-18,21-22H,4,6,9-16H2,1-3H3. The van der Waals surface area contributed by atoms with Gasteiger partial charge in [-0.15, -0.1) is 0 Å². The maximum Gasteiger partial charge on any atom is 0.178 e. The third kappa shape index (κ3) is 4.76. The van der Waals surface area contributed by atoms with E-state index in [0.29, 0.717) is 12.5 Å². The lowest BCUT2D eigenvalue weighted by molar-refractivity contribution is -0.115. The van der Waals surface area contributed by atoms with Gasteiger partial charge in [-0.3, -0.25) is 14.6 Å². The minimum Gasteiger partial charge on any atom is -0.363 e. The Morgan fingerprint density at radius 1 is 1.12 bits per heavy atom. The first-order chi connectivity index (χ1) is 12.6. The van der Waals surface area contributed by atoms with Gasteiger partial charge in [-0.05, 0) is 64.9 Å². The Morgan fingerprint density at radius 3 is 2.50 bits per heavy atom. The molecule has 0 aliphatic carbocycles. The molecule has 0 aromatic rings. The molecule has 1 unspecified atom stereocenters. The van der Waals surface area contributed by atoms with E-state index in [1.54, 1.807) is 0 Å². The highest BCUT2D eigenvalue weighted by Crippen LogP contribution is 2.21. The van der Waals surface area contributed by atoms with Crippen molar-refractivity contribution in [1.29, 1.82) is 0 Å². The summed E-state index contributed by atoms with van der Waals surface area (Å²) < 4.78 is 0. The van der Waals surface area contributed by atoms with E-state index in [4.69, 9.17) is 0 Å². The number of carbonyl (C=O) groups is 1. The summed E-state index contributed by atoms with van der Waals surface area (Å²) >= 11 is 0. The van der Waals surface area contributed by atoms with Crippen LogP contribution in [0, 0.1) is 0 Å². The molecule has 1 atom stereocenters. The minimum atomic E-state index is 0.160. The van der Waals surface area contributed by atoms with Crippen molar-refractivity contribution in [3.05, 3.63) is 23.9 Å². The third-order valence-electron chi connectivity index (χ3n) is 6.19. The van der Waals surface area contributed by atoms with Crippen LogP contribution in [0.5, 0.6) is 0 Å². The predicted molar refractivity (Wildman–Crippen MR) is 107 cm³/mol. The summed E-state index contributed by atoms with van der Waals surface area (Å²) in [4.78, 5) is 19.8. The number of rotatable bonds is 5. The van der Waals surface area contributed by atoms with Gasteiger partial charge in [0.1, 0.15) is 0 Å². The molecule has 3 rings (SSSR count). The SMILES string of the molecule is CCC(=O)C1=CC=CC(N2CCCN(C3CCN(C(C)C)CC3)CC2)N1. The maximum atomic E-state index is 12.0. The Balaban J connectivity index is 1.51. The highest BCUT2D eigenvalue weighted by molar-refractivity contribution is 5.95. The highest BCUT2D eigenvalue weighted by atomic mass is 16.1. The zero-order chi connectivity index (χ0) is 18.5. The monoisotopic (exact) mass is 360 g/mol. The molecule has 3 heterocycles. The van der Waals surface area contributed by atoms with E-state index >= 15 is 0 Å². The van der Waals surface area contributed by atoms with Gasteiger partial charge in [0, 0.05) is 38.1 Å². The van der Waals surface area contributed by atoms with Gasteiger partial charge in [0.15, 0.2) is 5.78 Å². The molecule has 0 radical (unpaired) electrons. The molecule has 5 heteroatoms. The number of nitrogens with one attached hydrogen (secondary N) is 1. The fourth-order valence-corrected chi connectivity index (χ4v) is 4.46. The summed E-state index contributed by atoms with van der Waals surface area (Å²) in [6, 6.07) is 1.42. The average molecular weight is 361 g/mol. The van der Waals surface area contributed by atoms with Crippen molar-refractivity contribution < 1.29 is 4.79 Å². The van der Waals surface area contributed by atoms with Crippen molar-refractivity contribution >= 4 is 5.78 Å². The van der Waals surface area contributed by atoms with Crippen molar-refractivity contribution in [2.75, 3.05) is 39.3 Å². The number of Topliss-reactive ketones (excluding diaryl/α,β-unsaturated/α-hetero) is 1. The van der Waals surface area contributed by atoms with E-state index < -0.39 is 0 Å². The highest BCUT2D eigenvalue weighted by Gasteiger charge is 2.29. The molecule has 146 valence electrons. The van der Waals surface area contributed by atoms with Gasteiger partial charge >= 0.3 is 0 Å². The molecule has 2 saturated heterocycles. The molecule has 0 saturated carbocycles. The van der Waals surface area contributed by atoms with Crippen LogP contribution in [0.15, 0.2) is 23.9 Å². The summed E-state index contributed by atoms with van der Waals surface area (Å²) in [6.07, 6.45) is 10.7. The minimum absolute atomic E-state index is 0.160. The topological polar surface area (TPSA) is 38.8 Å². The number of ketones is 1. The lowest BCUT2D eigenvalue weighted by Gasteiger charge is -2.39. The first-order valence-corrected chi connectivity index (χ1v) is 10.5. The van der Waals surface area contributed by atoms with Gasteiger partial charge in [0.2, 0.25) is 0 Å². The average Bonchev–Trinajstić information content (AvgIpc) is 2.94. The van der Waals surface area contributed by atoms with Crippen LogP contribution in [0.2, 0.25) is 0 Å². The molecule has 0 bridgehead atoms. The zero-order valence-electron chi connectivity index (χ0n) is 16.8. The molecular weight excluding hydrogens is 324 g/mol. The molecule has 2 fully saturated rings. The largest absolute Gasteiger partial charge is 0.363 e. The molecule has 0 aromatic carbocycles. The summed E-state index contributed by atoms with van der Waals surface area (Å²) in [5.74, 6) is 0.202. The van der Waals surface area contributed by atoms with Crippen LogP contribution in [0.25, 0.3) is 0 Å². The number of allylic oxidation sites excluding steroid dienone is 3. The zero-order valence-corrected chi connectivity index (χ0v) is 16.8. The van der Waals surface area contributed by atoms with Crippen LogP contribution in [0.1, 0.15) is 46.5 Å². The number of carbonyl (C=O) groups excluding carboxylic acids is 1. The number of likely N-dealkylation sites (tertiary alicyclic amines) is 1. The molecule has 5 nitrogen and oxygen atoms in total. The molecule has 0 spiro atoms. The van der Waals surface area contributed by atoms with Gasteiger partial charge in [0.05, 0.1) is 11.9 Å². The van der Waals surface area contributed by atoms with Gasteiger partial charge in [0.25, 0.3) is 0 Å². The Morgan fingerprint density at radius 2 is 1.81 bits per heavy atom. The molecule has 3 aliphatic rings. The summed E-state index contributed by atoms with van der Waals surface area (Å²) in [7, 11) is 0. The van der Waals surface area contributed by atoms with Crippen LogP contribution in [0.3, 0.4) is 0 Å². The predicted octanol–water partition coefficient (Wildman–Crippen LogP) is 2.22. The number of hydrogen-bond acceptors (Lipinski definition) is 5. The molecular formula is C21H36N4O. The normalized spacial score (nSPS) is 27.2. The molecule has 1 N–H and O–H groups in total. The summed E-state index contributed by atoms with van der Waals surface area (Å²) in [5, 5.41) is 3.44. The fraction of sp³-hybridized carbons (Fsp3) is 0.762. The van der Waals surface area contributed by atoms with Crippen LogP contribution in [-0.4, -0.2) is 78.0 Å². The van der Waals surface area contributed by atoms with E-state index in [9.17, 15) is 4.79 Å². The van der Waals surface area contributed by atoms with Crippen LogP contribution < -0.4 is 5.32 Å². The molecule has 0 amide bonds. The van der Waals surface area contributed by atoms with Gasteiger partial charge in [-0.2, -0.15) is 0 Å². The summed E-state index contributed by atoms with van der Waals surface area (Å²) in [5.41, 5.74) is 0.766. The summed E-state index contributed by atoms with van der Waals surface area (Å²) in [6.45, 7) is 13.5. The van der Waals surface area contributed by atoms with E-state index in [2.05, 4.69) is 39.9 Å². The first kappa shape index (κ1) is 19.6. The third-order valence-corrected chi connectivity index (χ3v) is 6.19. The lowest BCUT2D eigenvalue weighted by atomic mass is 10.0. The number of nitrogens with zero attached hydrogens (tertiary/aromatic N) is 3. The van der Waals surface area contributed by atoms with Gasteiger partial charge in [-0.1, -0.05) is 13.0 Å². The van der Waals surface area contributed by atoms with Crippen molar-refractivity contribution in [3.63, 3.8) is 0 Å². The maximum absolute atomic E-state index is 12.0. The van der Waals surface area contributed by atoms with E-state index in [-0.39, 0.29) is 11.9 Å². The Kier molecular flexibility index (Phi) is 6.90. The van der Waals surface area contributed by atoms with Crippen LogP contribution in [0.4, 0.5) is 0 Å². The quantitative estimate of drug-likeness (QED) is 0.814. The van der Waals surface area contributed by atoms with E-state index in [1.807, 2.05) is 19.1 Å². The molecule has 3 aliphatic heterocycles. The Bertz CT molecular complexity index is 534. The Hall–Kier alpha value is -1.17. The van der Waals surface area contributed by atoms with Crippen LogP contribution in [-0.2, 0) is 4.79 Å². The second-order valence-corrected chi connectivity index (χ2v) is 8.12. The number of hydrogen-bond donors (Lipinski definition) is 1. The second kappa shape index (κ2) is 9.16.